The second-order valence-electron chi connectivity index (χ2n) is 4.20. The van der Waals surface area contributed by atoms with Crippen LogP contribution >= 0.6 is 0 Å². The molecule has 0 saturated heterocycles. The summed E-state index contributed by atoms with van der Waals surface area (Å²) in [6.07, 6.45) is 4.06. The smallest absolute Gasteiger partial charge is 0.203 e. The molecule has 0 aliphatic rings. The molecule has 104 valence electrons. The summed E-state index contributed by atoms with van der Waals surface area (Å²) in [7, 11) is 4.82. The zero-order valence-corrected chi connectivity index (χ0v) is 11.9. The second kappa shape index (κ2) is 6.66. The van der Waals surface area contributed by atoms with Gasteiger partial charge in [0.1, 0.15) is 0 Å². The fourth-order valence-corrected chi connectivity index (χ4v) is 1.95. The van der Waals surface area contributed by atoms with E-state index in [4.69, 9.17) is 14.2 Å². The lowest BCUT2D eigenvalue weighted by molar-refractivity contribution is 0.324. The molecule has 0 spiro atoms. The Morgan fingerprint density at radius 2 is 1.25 bits per heavy atom. The van der Waals surface area contributed by atoms with Gasteiger partial charge in [0.15, 0.2) is 11.5 Å². The molecule has 3 nitrogen and oxygen atoms in total. The van der Waals surface area contributed by atoms with Gasteiger partial charge in [-0.25, -0.2) is 0 Å². The minimum atomic E-state index is 0.604. The second-order valence-corrected chi connectivity index (χ2v) is 4.20. The van der Waals surface area contributed by atoms with Gasteiger partial charge in [0.25, 0.3) is 0 Å². The summed E-state index contributed by atoms with van der Waals surface area (Å²) in [6, 6.07) is 13.9. The molecule has 0 N–H and O–H groups in total. The summed E-state index contributed by atoms with van der Waals surface area (Å²) < 4.78 is 16.0. The van der Waals surface area contributed by atoms with E-state index in [0.717, 1.165) is 11.1 Å². The predicted molar refractivity (Wildman–Crippen MR) is 81.5 cm³/mol. The summed E-state index contributed by atoms with van der Waals surface area (Å²) in [5.74, 6) is 1.91. The molecule has 0 amide bonds. The third-order valence-corrected chi connectivity index (χ3v) is 2.95. The van der Waals surface area contributed by atoms with Crippen molar-refractivity contribution < 1.29 is 14.2 Å². The van der Waals surface area contributed by atoms with Gasteiger partial charge in [-0.3, -0.25) is 0 Å². The maximum Gasteiger partial charge on any atom is 0.203 e. The van der Waals surface area contributed by atoms with E-state index in [1.807, 2.05) is 42.5 Å². The van der Waals surface area contributed by atoms with E-state index in [1.165, 1.54) is 0 Å². The summed E-state index contributed by atoms with van der Waals surface area (Å²) in [4.78, 5) is 0. The standard InChI is InChI=1S/C17H18O3/c1-18-15-11-14(12-16(19-2)17(15)20-3)10-9-13-7-5-4-6-8-13/h4-12H,1-3H3/b10-9+. The van der Waals surface area contributed by atoms with Gasteiger partial charge in [0, 0.05) is 0 Å². The van der Waals surface area contributed by atoms with Gasteiger partial charge in [-0.1, -0.05) is 42.5 Å². The van der Waals surface area contributed by atoms with Crippen molar-refractivity contribution in [3.8, 4) is 17.2 Å². The summed E-state index contributed by atoms with van der Waals surface area (Å²) in [6.45, 7) is 0. The van der Waals surface area contributed by atoms with Crippen LogP contribution in [0.15, 0.2) is 42.5 Å². The minimum absolute atomic E-state index is 0.604. The van der Waals surface area contributed by atoms with Gasteiger partial charge < -0.3 is 14.2 Å². The number of hydrogen-bond acceptors (Lipinski definition) is 3. The van der Waals surface area contributed by atoms with Crippen molar-refractivity contribution in [1.82, 2.24) is 0 Å². The monoisotopic (exact) mass is 270 g/mol. The highest BCUT2D eigenvalue weighted by Crippen LogP contribution is 2.38. The number of rotatable bonds is 5. The van der Waals surface area contributed by atoms with Gasteiger partial charge in [-0.2, -0.15) is 0 Å². The highest BCUT2D eigenvalue weighted by Gasteiger charge is 2.11. The van der Waals surface area contributed by atoms with Crippen LogP contribution in [-0.2, 0) is 0 Å². The van der Waals surface area contributed by atoms with Crippen molar-refractivity contribution >= 4 is 12.2 Å². The van der Waals surface area contributed by atoms with E-state index < -0.39 is 0 Å². The topological polar surface area (TPSA) is 27.7 Å². The zero-order chi connectivity index (χ0) is 14.4. The van der Waals surface area contributed by atoms with Crippen LogP contribution < -0.4 is 14.2 Å². The van der Waals surface area contributed by atoms with E-state index in [2.05, 4.69) is 12.1 Å². The molecule has 20 heavy (non-hydrogen) atoms. The quantitative estimate of drug-likeness (QED) is 0.772. The third kappa shape index (κ3) is 3.12. The highest BCUT2D eigenvalue weighted by atomic mass is 16.5. The lowest BCUT2D eigenvalue weighted by atomic mass is 10.1. The Labute approximate surface area is 119 Å². The van der Waals surface area contributed by atoms with Crippen molar-refractivity contribution in [3.63, 3.8) is 0 Å². The normalized spacial score (nSPS) is 10.6. The van der Waals surface area contributed by atoms with Gasteiger partial charge in [0.05, 0.1) is 21.3 Å². The number of ether oxygens (including phenoxy) is 3. The molecule has 2 rings (SSSR count). The predicted octanol–water partition coefficient (Wildman–Crippen LogP) is 3.88. The summed E-state index contributed by atoms with van der Waals surface area (Å²) in [5, 5.41) is 0. The van der Waals surface area contributed by atoms with Crippen LogP contribution in [0.2, 0.25) is 0 Å². The van der Waals surface area contributed by atoms with E-state index >= 15 is 0 Å². The Balaban J connectivity index is 2.35. The Hall–Kier alpha value is -2.42. The first-order chi connectivity index (χ1) is 9.78. The molecule has 0 radical (unpaired) electrons. The first-order valence-electron chi connectivity index (χ1n) is 6.31. The maximum absolute atomic E-state index is 5.33. The Morgan fingerprint density at radius 1 is 0.700 bits per heavy atom. The maximum atomic E-state index is 5.33. The molecule has 0 bridgehead atoms. The van der Waals surface area contributed by atoms with Gasteiger partial charge in [-0.05, 0) is 23.3 Å². The van der Waals surface area contributed by atoms with Crippen molar-refractivity contribution in [1.29, 1.82) is 0 Å². The lowest BCUT2D eigenvalue weighted by Crippen LogP contribution is -1.95. The number of benzene rings is 2. The van der Waals surface area contributed by atoms with Crippen molar-refractivity contribution in [2.24, 2.45) is 0 Å². The molecule has 0 saturated carbocycles. The van der Waals surface area contributed by atoms with Crippen LogP contribution in [0.5, 0.6) is 17.2 Å². The average molecular weight is 270 g/mol. The Kier molecular flexibility index (Phi) is 4.66. The number of hydrogen-bond donors (Lipinski definition) is 0. The minimum Gasteiger partial charge on any atom is -0.493 e. The fourth-order valence-electron chi connectivity index (χ4n) is 1.95. The molecular weight excluding hydrogens is 252 g/mol. The van der Waals surface area contributed by atoms with Crippen LogP contribution in [0.1, 0.15) is 11.1 Å². The van der Waals surface area contributed by atoms with E-state index in [-0.39, 0.29) is 0 Å². The Morgan fingerprint density at radius 3 is 1.75 bits per heavy atom. The van der Waals surface area contributed by atoms with Gasteiger partial charge >= 0.3 is 0 Å². The van der Waals surface area contributed by atoms with Crippen LogP contribution in [0.25, 0.3) is 12.2 Å². The molecule has 0 aliphatic heterocycles. The molecule has 0 heterocycles. The largest absolute Gasteiger partial charge is 0.493 e. The summed E-state index contributed by atoms with van der Waals surface area (Å²) in [5.41, 5.74) is 2.13. The first-order valence-corrected chi connectivity index (χ1v) is 6.31. The van der Waals surface area contributed by atoms with Crippen LogP contribution in [0, 0.1) is 0 Å². The van der Waals surface area contributed by atoms with Crippen LogP contribution in [0.3, 0.4) is 0 Å². The molecule has 0 unspecified atom stereocenters. The van der Waals surface area contributed by atoms with E-state index in [0.29, 0.717) is 17.2 Å². The van der Waals surface area contributed by atoms with Gasteiger partial charge in [-0.15, -0.1) is 0 Å². The SMILES string of the molecule is COc1cc(/C=C/c2ccccc2)cc(OC)c1OC. The molecule has 2 aromatic carbocycles. The summed E-state index contributed by atoms with van der Waals surface area (Å²) >= 11 is 0. The van der Waals surface area contributed by atoms with Gasteiger partial charge in [0.2, 0.25) is 5.75 Å². The van der Waals surface area contributed by atoms with Crippen LogP contribution in [-0.4, -0.2) is 21.3 Å². The highest BCUT2D eigenvalue weighted by molar-refractivity contribution is 5.72. The van der Waals surface area contributed by atoms with Crippen molar-refractivity contribution in [2.45, 2.75) is 0 Å². The molecule has 0 aliphatic carbocycles. The molecule has 0 fully saturated rings. The average Bonchev–Trinajstić information content (AvgIpc) is 2.52. The fraction of sp³-hybridized carbons (Fsp3) is 0.176. The Bertz CT molecular complexity index is 563. The zero-order valence-electron chi connectivity index (χ0n) is 11.9. The van der Waals surface area contributed by atoms with E-state index in [1.54, 1.807) is 21.3 Å². The molecule has 0 aromatic heterocycles. The molecule has 0 atom stereocenters. The first kappa shape index (κ1) is 14.0. The molecular formula is C17H18O3. The third-order valence-electron chi connectivity index (χ3n) is 2.95. The lowest BCUT2D eigenvalue weighted by Gasteiger charge is -2.12. The van der Waals surface area contributed by atoms with Crippen LogP contribution in [0.4, 0.5) is 0 Å². The number of methoxy groups -OCH3 is 3. The van der Waals surface area contributed by atoms with Crippen molar-refractivity contribution in [2.75, 3.05) is 21.3 Å². The van der Waals surface area contributed by atoms with Crippen molar-refractivity contribution in [3.05, 3.63) is 53.6 Å². The van der Waals surface area contributed by atoms with E-state index in [9.17, 15) is 0 Å². The molecule has 3 heteroatoms. The molecule has 2 aromatic rings.